The van der Waals surface area contributed by atoms with E-state index in [1.54, 1.807) is 12.4 Å². The van der Waals surface area contributed by atoms with Gasteiger partial charge in [0.25, 0.3) is 0 Å². The van der Waals surface area contributed by atoms with Crippen LogP contribution in [0.4, 0.5) is 4.39 Å². The van der Waals surface area contributed by atoms with Crippen molar-refractivity contribution in [2.24, 2.45) is 7.05 Å². The second kappa shape index (κ2) is 3.86. The first-order valence-corrected chi connectivity index (χ1v) is 6.05. The molecule has 0 aliphatic rings. The number of oxazole rings is 1. The zero-order chi connectivity index (χ0) is 13.7. The largest absolute Gasteiger partial charge is 0.418 e. The van der Waals surface area contributed by atoms with Gasteiger partial charge in [0.15, 0.2) is 0 Å². The van der Waals surface area contributed by atoms with Crippen molar-refractivity contribution >= 4 is 22.3 Å². The third-order valence-electron chi connectivity index (χ3n) is 3.19. The van der Waals surface area contributed by atoms with Crippen LogP contribution in [0.5, 0.6) is 0 Å². The number of imidazole rings is 1. The van der Waals surface area contributed by atoms with Crippen molar-refractivity contribution in [3.05, 3.63) is 42.6 Å². The van der Waals surface area contributed by atoms with Gasteiger partial charge in [-0.25, -0.2) is 9.97 Å². The molecule has 3 heterocycles. The quantitative estimate of drug-likeness (QED) is 0.498. The van der Waals surface area contributed by atoms with Crippen LogP contribution in [0.15, 0.2) is 41.1 Å². The SMILES string of the molecule is Cn1cnc2cc(-c3nc4ccc(F)nc4o3)ccc21. The summed E-state index contributed by atoms with van der Waals surface area (Å²) >= 11 is 0. The van der Waals surface area contributed by atoms with Gasteiger partial charge < -0.3 is 8.98 Å². The number of aromatic nitrogens is 4. The maximum Gasteiger partial charge on any atom is 0.250 e. The van der Waals surface area contributed by atoms with Crippen LogP contribution in [0.2, 0.25) is 0 Å². The highest BCUT2D eigenvalue weighted by atomic mass is 19.1. The number of nitrogens with zero attached hydrogens (tertiary/aromatic N) is 4. The number of hydrogen-bond donors (Lipinski definition) is 0. The lowest BCUT2D eigenvalue weighted by molar-refractivity contribution is 0.559. The minimum absolute atomic E-state index is 0.195. The Morgan fingerprint density at radius 2 is 2.00 bits per heavy atom. The molecule has 0 radical (unpaired) electrons. The summed E-state index contributed by atoms with van der Waals surface area (Å²) in [5.41, 5.74) is 3.39. The van der Waals surface area contributed by atoms with E-state index in [0.717, 1.165) is 16.6 Å². The van der Waals surface area contributed by atoms with Crippen LogP contribution in [0.1, 0.15) is 0 Å². The summed E-state index contributed by atoms with van der Waals surface area (Å²) in [4.78, 5) is 12.3. The van der Waals surface area contributed by atoms with Crippen molar-refractivity contribution in [2.45, 2.75) is 0 Å². The minimum atomic E-state index is -0.583. The Kier molecular flexibility index (Phi) is 2.14. The number of hydrogen-bond acceptors (Lipinski definition) is 4. The monoisotopic (exact) mass is 268 g/mol. The zero-order valence-electron chi connectivity index (χ0n) is 10.5. The molecule has 0 bridgehead atoms. The van der Waals surface area contributed by atoms with Crippen molar-refractivity contribution < 1.29 is 8.81 Å². The molecule has 3 aromatic heterocycles. The van der Waals surface area contributed by atoms with Crippen LogP contribution in [-0.2, 0) is 7.05 Å². The van der Waals surface area contributed by atoms with Crippen LogP contribution in [0, 0.1) is 5.95 Å². The maximum absolute atomic E-state index is 13.0. The molecule has 0 aliphatic carbocycles. The molecule has 4 aromatic rings. The summed E-state index contributed by atoms with van der Waals surface area (Å²) < 4.78 is 20.5. The van der Waals surface area contributed by atoms with Crippen molar-refractivity contribution in [2.75, 3.05) is 0 Å². The Morgan fingerprint density at radius 1 is 1.10 bits per heavy atom. The second-order valence-corrected chi connectivity index (χ2v) is 4.54. The lowest BCUT2D eigenvalue weighted by atomic mass is 10.2. The molecule has 0 saturated carbocycles. The number of pyridine rings is 1. The molecule has 0 amide bonds. The van der Waals surface area contributed by atoms with Gasteiger partial charge in [-0.15, -0.1) is 0 Å². The van der Waals surface area contributed by atoms with Crippen LogP contribution in [0.3, 0.4) is 0 Å². The van der Waals surface area contributed by atoms with Crippen LogP contribution in [-0.4, -0.2) is 19.5 Å². The standard InChI is InChI=1S/C14H9FN4O/c1-19-7-16-10-6-8(2-4-11(10)19)13-17-9-3-5-12(15)18-14(9)20-13/h2-7H,1H3. The molecular formula is C14H9FN4O. The summed E-state index contributed by atoms with van der Waals surface area (Å²) in [7, 11) is 1.93. The highest BCUT2D eigenvalue weighted by Crippen LogP contribution is 2.25. The van der Waals surface area contributed by atoms with Gasteiger partial charge in [-0.1, -0.05) is 0 Å². The Hall–Kier alpha value is -2.76. The average molecular weight is 268 g/mol. The number of rotatable bonds is 1. The summed E-state index contributed by atoms with van der Waals surface area (Å²) in [5, 5.41) is 0. The molecule has 0 unspecified atom stereocenters. The van der Waals surface area contributed by atoms with Gasteiger partial charge >= 0.3 is 0 Å². The average Bonchev–Trinajstić information content (AvgIpc) is 3.02. The normalized spacial score (nSPS) is 11.5. The van der Waals surface area contributed by atoms with Gasteiger partial charge in [0, 0.05) is 12.6 Å². The number of halogens is 1. The van der Waals surface area contributed by atoms with E-state index in [1.807, 2.05) is 29.8 Å². The molecule has 0 atom stereocenters. The summed E-state index contributed by atoms with van der Waals surface area (Å²) in [6.07, 6.45) is 1.75. The van der Waals surface area contributed by atoms with Crippen LogP contribution in [0.25, 0.3) is 33.7 Å². The van der Waals surface area contributed by atoms with Crippen LogP contribution >= 0.6 is 0 Å². The van der Waals surface area contributed by atoms with E-state index in [4.69, 9.17) is 4.42 Å². The van der Waals surface area contributed by atoms with Gasteiger partial charge in [-0.2, -0.15) is 9.37 Å². The van der Waals surface area contributed by atoms with E-state index in [1.165, 1.54) is 6.07 Å². The highest BCUT2D eigenvalue weighted by molar-refractivity contribution is 5.81. The first-order valence-electron chi connectivity index (χ1n) is 6.05. The topological polar surface area (TPSA) is 56.7 Å². The molecule has 1 aromatic carbocycles. The zero-order valence-corrected chi connectivity index (χ0v) is 10.5. The fraction of sp³-hybridized carbons (Fsp3) is 0.0714. The summed E-state index contributed by atoms with van der Waals surface area (Å²) in [6.45, 7) is 0. The van der Waals surface area contributed by atoms with E-state index >= 15 is 0 Å². The van der Waals surface area contributed by atoms with Crippen molar-refractivity contribution in [3.63, 3.8) is 0 Å². The van der Waals surface area contributed by atoms with Gasteiger partial charge in [0.2, 0.25) is 17.6 Å². The number of benzene rings is 1. The van der Waals surface area contributed by atoms with Gasteiger partial charge in [-0.3, -0.25) is 0 Å². The van der Waals surface area contributed by atoms with Crippen molar-refractivity contribution in [3.8, 4) is 11.5 Å². The maximum atomic E-state index is 13.0. The van der Waals surface area contributed by atoms with Gasteiger partial charge in [-0.05, 0) is 30.3 Å². The second-order valence-electron chi connectivity index (χ2n) is 4.54. The smallest absolute Gasteiger partial charge is 0.250 e. The molecule has 98 valence electrons. The molecule has 0 aliphatic heterocycles. The third-order valence-corrected chi connectivity index (χ3v) is 3.19. The molecule has 0 N–H and O–H groups in total. The van der Waals surface area contributed by atoms with E-state index in [0.29, 0.717) is 11.4 Å². The van der Waals surface area contributed by atoms with E-state index < -0.39 is 5.95 Å². The molecule has 5 nitrogen and oxygen atoms in total. The van der Waals surface area contributed by atoms with E-state index in [2.05, 4.69) is 15.0 Å². The fourth-order valence-electron chi connectivity index (χ4n) is 2.19. The van der Waals surface area contributed by atoms with Gasteiger partial charge in [0.1, 0.15) is 5.52 Å². The molecule has 0 fully saturated rings. The number of aryl methyl sites for hydroxylation is 1. The molecular weight excluding hydrogens is 259 g/mol. The predicted octanol–water partition coefficient (Wildman–Crippen LogP) is 2.92. The lowest BCUT2D eigenvalue weighted by Gasteiger charge is -1.96. The third kappa shape index (κ3) is 1.58. The van der Waals surface area contributed by atoms with Crippen molar-refractivity contribution in [1.29, 1.82) is 0 Å². The molecule has 0 spiro atoms. The predicted molar refractivity (Wildman–Crippen MR) is 71.5 cm³/mol. The summed E-state index contributed by atoms with van der Waals surface area (Å²) in [5.74, 6) is -0.175. The Balaban J connectivity index is 1.91. The summed E-state index contributed by atoms with van der Waals surface area (Å²) in [6, 6.07) is 8.53. The molecule has 6 heteroatoms. The van der Waals surface area contributed by atoms with Crippen molar-refractivity contribution in [1.82, 2.24) is 19.5 Å². The molecule has 20 heavy (non-hydrogen) atoms. The Morgan fingerprint density at radius 3 is 2.90 bits per heavy atom. The highest BCUT2D eigenvalue weighted by Gasteiger charge is 2.11. The molecule has 0 saturated heterocycles. The molecule has 4 rings (SSSR count). The van der Waals surface area contributed by atoms with E-state index in [9.17, 15) is 4.39 Å². The van der Waals surface area contributed by atoms with Crippen LogP contribution < -0.4 is 0 Å². The fourth-order valence-corrected chi connectivity index (χ4v) is 2.19. The van der Waals surface area contributed by atoms with E-state index in [-0.39, 0.29) is 5.71 Å². The Labute approximate surface area is 112 Å². The number of fused-ring (bicyclic) bond motifs is 2. The van der Waals surface area contributed by atoms with Gasteiger partial charge in [0.05, 0.1) is 17.4 Å². The minimum Gasteiger partial charge on any atom is -0.418 e. The first-order chi connectivity index (χ1) is 9.70. The lowest BCUT2D eigenvalue weighted by Crippen LogP contribution is -1.83. The first kappa shape index (κ1) is 11.1. The Bertz CT molecular complexity index is 941.